The Morgan fingerprint density at radius 3 is 2.83 bits per heavy atom. The average molecular weight is 348 g/mol. The molecule has 7 heteroatoms. The van der Waals surface area contributed by atoms with Crippen LogP contribution < -0.4 is 10.9 Å². The Labute approximate surface area is 140 Å². The van der Waals surface area contributed by atoms with E-state index in [1.807, 2.05) is 25.1 Å². The third-order valence-corrected chi connectivity index (χ3v) is 6.07. The second-order valence-corrected chi connectivity index (χ2v) is 8.61. The fraction of sp³-hybridized carbons (Fsp3) is 0.412. The smallest absolute Gasteiger partial charge is 0.251 e. The topological polar surface area (TPSA) is 96.1 Å². The van der Waals surface area contributed by atoms with Crippen LogP contribution in [0.3, 0.4) is 0 Å². The van der Waals surface area contributed by atoms with Gasteiger partial charge in [-0.3, -0.25) is 9.59 Å². The number of aryl methyl sites for hydroxylation is 2. The van der Waals surface area contributed by atoms with Crippen LogP contribution in [-0.2, 0) is 21.1 Å². The highest BCUT2D eigenvalue weighted by atomic mass is 32.2. The molecule has 0 unspecified atom stereocenters. The molecule has 1 aromatic heterocycles. The second-order valence-electron chi connectivity index (χ2n) is 6.38. The van der Waals surface area contributed by atoms with Crippen LogP contribution in [0.15, 0.2) is 29.1 Å². The van der Waals surface area contributed by atoms with E-state index in [2.05, 4.69) is 10.3 Å². The lowest BCUT2D eigenvalue weighted by atomic mass is 10.1. The van der Waals surface area contributed by atoms with Gasteiger partial charge in [-0.15, -0.1) is 0 Å². The minimum atomic E-state index is -3.01. The molecule has 1 amide bonds. The van der Waals surface area contributed by atoms with Gasteiger partial charge in [0.25, 0.3) is 5.56 Å². The summed E-state index contributed by atoms with van der Waals surface area (Å²) >= 11 is 0. The monoisotopic (exact) mass is 348 g/mol. The molecule has 2 aromatic rings. The maximum Gasteiger partial charge on any atom is 0.251 e. The van der Waals surface area contributed by atoms with Crippen LogP contribution in [0.5, 0.6) is 0 Å². The number of fused-ring (bicyclic) bond motifs is 1. The minimum Gasteiger partial charge on any atom is -0.352 e. The first-order chi connectivity index (χ1) is 11.3. The zero-order valence-electron chi connectivity index (χ0n) is 13.5. The number of hydrogen-bond acceptors (Lipinski definition) is 4. The van der Waals surface area contributed by atoms with Crippen LogP contribution in [0.2, 0.25) is 0 Å². The van der Waals surface area contributed by atoms with Crippen molar-refractivity contribution in [2.24, 2.45) is 0 Å². The number of carbonyl (C=O) groups is 1. The van der Waals surface area contributed by atoms with Crippen LogP contribution in [0.25, 0.3) is 10.9 Å². The van der Waals surface area contributed by atoms with Gasteiger partial charge in [0.05, 0.1) is 11.5 Å². The predicted molar refractivity (Wildman–Crippen MR) is 92.8 cm³/mol. The lowest BCUT2D eigenvalue weighted by molar-refractivity contribution is -0.121. The van der Waals surface area contributed by atoms with Crippen LogP contribution in [0.4, 0.5) is 0 Å². The van der Waals surface area contributed by atoms with Crippen LogP contribution in [0.1, 0.15) is 24.0 Å². The molecular weight excluding hydrogens is 328 g/mol. The van der Waals surface area contributed by atoms with Gasteiger partial charge in [-0.2, -0.15) is 0 Å². The van der Waals surface area contributed by atoms with Crippen molar-refractivity contribution in [1.29, 1.82) is 0 Å². The van der Waals surface area contributed by atoms with Gasteiger partial charge in [-0.25, -0.2) is 8.42 Å². The van der Waals surface area contributed by atoms with E-state index in [9.17, 15) is 18.0 Å². The molecule has 0 saturated carbocycles. The fourth-order valence-corrected chi connectivity index (χ4v) is 4.68. The number of aromatic amines is 1. The van der Waals surface area contributed by atoms with Gasteiger partial charge in [-0.1, -0.05) is 12.1 Å². The molecule has 1 aromatic carbocycles. The molecule has 1 fully saturated rings. The average Bonchev–Trinajstić information content (AvgIpc) is 2.84. The SMILES string of the molecule is Cc1ccc2cc(CCC(=O)N[C@H]3CCS(=O)(=O)C3)c(=O)[nH]c2c1. The summed E-state index contributed by atoms with van der Waals surface area (Å²) in [5, 5.41) is 3.67. The molecule has 6 nitrogen and oxygen atoms in total. The Balaban J connectivity index is 1.65. The van der Waals surface area contributed by atoms with Gasteiger partial charge >= 0.3 is 0 Å². The Morgan fingerprint density at radius 1 is 1.33 bits per heavy atom. The van der Waals surface area contributed by atoms with Gasteiger partial charge in [-0.05, 0) is 42.8 Å². The Bertz CT molecular complexity index is 947. The Hall–Kier alpha value is -2.15. The number of H-pyrrole nitrogens is 1. The van der Waals surface area contributed by atoms with Crippen molar-refractivity contribution in [2.75, 3.05) is 11.5 Å². The number of pyridine rings is 1. The summed E-state index contributed by atoms with van der Waals surface area (Å²) in [4.78, 5) is 26.9. The van der Waals surface area contributed by atoms with Gasteiger partial charge in [0.1, 0.15) is 0 Å². The second kappa shape index (κ2) is 6.39. The molecule has 1 saturated heterocycles. The van der Waals surface area contributed by atoms with Crippen molar-refractivity contribution in [1.82, 2.24) is 10.3 Å². The van der Waals surface area contributed by atoms with E-state index in [4.69, 9.17) is 0 Å². The molecule has 0 spiro atoms. The molecule has 128 valence electrons. The van der Waals surface area contributed by atoms with Gasteiger partial charge in [0.15, 0.2) is 9.84 Å². The number of benzene rings is 1. The molecule has 1 atom stereocenters. The highest BCUT2D eigenvalue weighted by molar-refractivity contribution is 7.91. The Kier molecular flexibility index (Phi) is 4.45. The number of hydrogen-bond donors (Lipinski definition) is 2. The van der Waals surface area contributed by atoms with Crippen molar-refractivity contribution in [2.45, 2.75) is 32.2 Å². The first kappa shape index (κ1) is 16.7. The van der Waals surface area contributed by atoms with E-state index < -0.39 is 9.84 Å². The summed E-state index contributed by atoms with van der Waals surface area (Å²) < 4.78 is 22.8. The van der Waals surface area contributed by atoms with E-state index in [0.717, 1.165) is 16.5 Å². The van der Waals surface area contributed by atoms with Gasteiger partial charge in [0, 0.05) is 23.5 Å². The minimum absolute atomic E-state index is 0.00858. The third kappa shape index (κ3) is 3.84. The van der Waals surface area contributed by atoms with Gasteiger partial charge < -0.3 is 10.3 Å². The summed E-state index contributed by atoms with van der Waals surface area (Å²) in [6, 6.07) is 7.32. The van der Waals surface area contributed by atoms with E-state index in [1.54, 1.807) is 6.07 Å². The summed E-state index contributed by atoms with van der Waals surface area (Å²) in [5.74, 6) is -0.0865. The van der Waals surface area contributed by atoms with Crippen molar-refractivity contribution in [3.63, 3.8) is 0 Å². The number of sulfone groups is 1. The highest BCUT2D eigenvalue weighted by Gasteiger charge is 2.28. The molecule has 24 heavy (non-hydrogen) atoms. The molecule has 2 heterocycles. The van der Waals surface area contributed by atoms with Crippen LogP contribution in [0, 0.1) is 6.92 Å². The number of amides is 1. The van der Waals surface area contributed by atoms with Crippen molar-refractivity contribution in [3.8, 4) is 0 Å². The molecule has 0 radical (unpaired) electrons. The Morgan fingerprint density at radius 2 is 2.12 bits per heavy atom. The molecule has 0 bridgehead atoms. The summed E-state index contributed by atoms with van der Waals surface area (Å²) in [7, 11) is -3.01. The lowest BCUT2D eigenvalue weighted by Gasteiger charge is -2.10. The lowest BCUT2D eigenvalue weighted by Crippen LogP contribution is -2.35. The van der Waals surface area contributed by atoms with Crippen molar-refractivity contribution < 1.29 is 13.2 Å². The zero-order valence-corrected chi connectivity index (χ0v) is 14.3. The molecule has 0 aliphatic carbocycles. The third-order valence-electron chi connectivity index (χ3n) is 4.30. The van der Waals surface area contributed by atoms with E-state index in [0.29, 0.717) is 18.4 Å². The maximum absolute atomic E-state index is 12.1. The predicted octanol–water partition coefficient (Wildman–Crippen LogP) is 1.07. The van der Waals surface area contributed by atoms with E-state index in [1.165, 1.54) is 0 Å². The summed E-state index contributed by atoms with van der Waals surface area (Å²) in [5.41, 5.74) is 2.21. The molecule has 1 aliphatic heterocycles. The number of nitrogens with one attached hydrogen (secondary N) is 2. The molecule has 1 aliphatic rings. The molecule has 3 rings (SSSR count). The van der Waals surface area contributed by atoms with Gasteiger partial charge in [0.2, 0.25) is 5.91 Å². The van der Waals surface area contributed by atoms with Crippen molar-refractivity contribution in [3.05, 3.63) is 45.7 Å². The summed E-state index contributed by atoms with van der Waals surface area (Å²) in [6.45, 7) is 1.96. The highest BCUT2D eigenvalue weighted by Crippen LogP contribution is 2.14. The van der Waals surface area contributed by atoms with Crippen molar-refractivity contribution >= 4 is 26.6 Å². The van der Waals surface area contributed by atoms with E-state index >= 15 is 0 Å². The number of aromatic nitrogens is 1. The van der Waals surface area contributed by atoms with E-state index in [-0.39, 0.29) is 35.4 Å². The summed E-state index contributed by atoms with van der Waals surface area (Å²) in [6.07, 6.45) is 0.950. The van der Waals surface area contributed by atoms with Crippen LogP contribution >= 0.6 is 0 Å². The fourth-order valence-electron chi connectivity index (χ4n) is 3.00. The largest absolute Gasteiger partial charge is 0.352 e. The number of rotatable bonds is 4. The molecule has 2 N–H and O–H groups in total. The normalized spacial score (nSPS) is 19.5. The number of carbonyl (C=O) groups excluding carboxylic acids is 1. The standard InChI is InChI=1S/C17H20N2O4S/c1-11-2-3-12-9-13(17(21)19-15(12)8-11)4-5-16(20)18-14-6-7-24(22,23)10-14/h2-3,8-9,14H,4-7,10H2,1H3,(H,18,20)(H,19,21)/t14-/m0/s1. The van der Waals surface area contributed by atoms with Crippen LogP contribution in [-0.4, -0.2) is 36.9 Å². The molecular formula is C17H20N2O4S. The zero-order chi connectivity index (χ0) is 17.3. The maximum atomic E-state index is 12.1. The quantitative estimate of drug-likeness (QED) is 0.864. The first-order valence-electron chi connectivity index (χ1n) is 7.95. The first-order valence-corrected chi connectivity index (χ1v) is 9.77.